The normalized spacial score (nSPS) is 22.4. The van der Waals surface area contributed by atoms with Crippen molar-refractivity contribution < 1.29 is 19.8 Å². The van der Waals surface area contributed by atoms with Gasteiger partial charge in [-0.05, 0) is 44.4 Å². The highest BCUT2D eigenvalue weighted by atomic mass is 16.4. The summed E-state index contributed by atoms with van der Waals surface area (Å²) in [6.45, 7) is 1.35. The van der Waals surface area contributed by atoms with Gasteiger partial charge in [0.15, 0.2) is 6.04 Å². The third-order valence-electron chi connectivity index (χ3n) is 3.59. The first-order valence-electron chi connectivity index (χ1n) is 6.47. The topological polar surface area (TPSA) is 98.7 Å². The molecule has 6 heteroatoms. The van der Waals surface area contributed by atoms with Crippen molar-refractivity contribution in [1.82, 2.24) is 10.6 Å². The lowest BCUT2D eigenvalue weighted by Gasteiger charge is -2.21. The number of hydrogen-bond acceptors (Lipinski definition) is 3. The maximum absolute atomic E-state index is 11.7. The van der Waals surface area contributed by atoms with Gasteiger partial charge in [-0.2, -0.15) is 0 Å². The van der Waals surface area contributed by atoms with Crippen molar-refractivity contribution in [3.8, 4) is 0 Å². The average molecular weight is 256 g/mol. The number of aliphatic carboxylic acids is 1. The van der Waals surface area contributed by atoms with E-state index in [1.165, 1.54) is 6.92 Å². The first kappa shape index (κ1) is 13.1. The fourth-order valence-electron chi connectivity index (χ4n) is 2.25. The SMILES string of the molecule is C[C@@H](O)[C@H](NC(=O)NC(C1CC1)C1CC1)C(=O)O. The second-order valence-electron chi connectivity index (χ2n) is 5.37. The molecule has 0 radical (unpaired) electrons. The number of carboxylic acid groups (broad SMARTS) is 1. The quantitative estimate of drug-likeness (QED) is 0.549. The standard InChI is InChI=1S/C12H20N2O4/c1-6(15)9(11(16)17)13-12(18)14-10(7-2-3-7)8-4-5-8/h6-10,15H,2-5H2,1H3,(H,16,17)(H2,13,14,18)/t6-,9+/m1/s1. The van der Waals surface area contributed by atoms with Crippen LogP contribution >= 0.6 is 0 Å². The van der Waals surface area contributed by atoms with E-state index < -0.39 is 24.1 Å². The van der Waals surface area contributed by atoms with E-state index in [1.807, 2.05) is 0 Å². The monoisotopic (exact) mass is 256 g/mol. The van der Waals surface area contributed by atoms with E-state index in [9.17, 15) is 14.7 Å². The van der Waals surface area contributed by atoms with Gasteiger partial charge in [-0.3, -0.25) is 0 Å². The number of aliphatic hydroxyl groups excluding tert-OH is 1. The molecule has 2 amide bonds. The first-order chi connectivity index (χ1) is 8.49. The van der Waals surface area contributed by atoms with Crippen molar-refractivity contribution in [2.24, 2.45) is 11.8 Å². The lowest BCUT2D eigenvalue weighted by Crippen LogP contribution is -2.53. The van der Waals surface area contributed by atoms with E-state index in [0.29, 0.717) is 11.8 Å². The van der Waals surface area contributed by atoms with Crippen LogP contribution in [-0.2, 0) is 4.79 Å². The van der Waals surface area contributed by atoms with Crippen molar-refractivity contribution in [1.29, 1.82) is 0 Å². The minimum Gasteiger partial charge on any atom is -0.480 e. The van der Waals surface area contributed by atoms with Crippen LogP contribution in [0.1, 0.15) is 32.6 Å². The van der Waals surface area contributed by atoms with Crippen LogP contribution in [0.3, 0.4) is 0 Å². The maximum atomic E-state index is 11.7. The van der Waals surface area contributed by atoms with Crippen molar-refractivity contribution in [2.75, 3.05) is 0 Å². The van der Waals surface area contributed by atoms with Crippen LogP contribution in [0.5, 0.6) is 0 Å². The molecule has 2 saturated carbocycles. The Bertz CT molecular complexity index is 325. The lowest BCUT2D eigenvalue weighted by atomic mass is 10.1. The summed E-state index contributed by atoms with van der Waals surface area (Å²) in [5, 5.41) is 23.3. The summed E-state index contributed by atoms with van der Waals surface area (Å²) in [6.07, 6.45) is 3.44. The molecule has 6 nitrogen and oxygen atoms in total. The van der Waals surface area contributed by atoms with Crippen LogP contribution in [-0.4, -0.2) is 40.4 Å². The minimum absolute atomic E-state index is 0.174. The number of urea groups is 1. The molecule has 2 rings (SSSR count). The van der Waals surface area contributed by atoms with E-state index in [2.05, 4.69) is 10.6 Å². The summed E-state index contributed by atoms with van der Waals surface area (Å²) in [6, 6.07) is -1.58. The van der Waals surface area contributed by atoms with Crippen LogP contribution in [0.4, 0.5) is 4.79 Å². The molecule has 0 aromatic heterocycles. The Morgan fingerprint density at radius 2 is 1.61 bits per heavy atom. The highest BCUT2D eigenvalue weighted by molar-refractivity contribution is 5.83. The number of hydrogen-bond donors (Lipinski definition) is 4. The van der Waals surface area contributed by atoms with Gasteiger partial charge >= 0.3 is 12.0 Å². The summed E-state index contributed by atoms with van der Waals surface area (Å²) in [4.78, 5) is 22.6. The minimum atomic E-state index is -1.26. The largest absolute Gasteiger partial charge is 0.480 e. The zero-order valence-electron chi connectivity index (χ0n) is 10.4. The number of rotatable bonds is 6. The molecule has 0 unspecified atom stereocenters. The summed E-state index contributed by atoms with van der Waals surface area (Å²) < 4.78 is 0. The molecule has 0 saturated heterocycles. The third-order valence-corrected chi connectivity index (χ3v) is 3.59. The van der Waals surface area contributed by atoms with Crippen molar-refractivity contribution in [3.05, 3.63) is 0 Å². The van der Waals surface area contributed by atoms with E-state index in [-0.39, 0.29) is 6.04 Å². The Labute approximate surface area is 106 Å². The van der Waals surface area contributed by atoms with Gasteiger partial charge in [0, 0.05) is 6.04 Å². The number of aliphatic hydroxyl groups is 1. The summed E-state index contributed by atoms with van der Waals surface area (Å²) in [7, 11) is 0. The zero-order valence-corrected chi connectivity index (χ0v) is 10.4. The van der Waals surface area contributed by atoms with Crippen molar-refractivity contribution in [2.45, 2.75) is 50.8 Å². The molecule has 102 valence electrons. The lowest BCUT2D eigenvalue weighted by molar-refractivity contribution is -0.141. The number of carbonyl (C=O) groups excluding carboxylic acids is 1. The van der Waals surface area contributed by atoms with E-state index in [0.717, 1.165) is 25.7 Å². The van der Waals surface area contributed by atoms with Crippen molar-refractivity contribution >= 4 is 12.0 Å². The van der Waals surface area contributed by atoms with Crippen molar-refractivity contribution in [3.63, 3.8) is 0 Å². The van der Waals surface area contributed by atoms with Gasteiger partial charge in [-0.1, -0.05) is 0 Å². The van der Waals surface area contributed by atoms with Gasteiger partial charge in [-0.25, -0.2) is 9.59 Å². The summed E-state index contributed by atoms with van der Waals surface area (Å²) >= 11 is 0. The Morgan fingerprint density at radius 3 is 1.94 bits per heavy atom. The molecule has 0 bridgehead atoms. The maximum Gasteiger partial charge on any atom is 0.328 e. The van der Waals surface area contributed by atoms with Gasteiger partial charge in [0.25, 0.3) is 0 Å². The Hall–Kier alpha value is -1.30. The fourth-order valence-corrected chi connectivity index (χ4v) is 2.25. The predicted octanol–water partition coefficient (Wildman–Crippen LogP) is 0.308. The molecule has 0 aromatic carbocycles. The van der Waals surface area contributed by atoms with Gasteiger partial charge < -0.3 is 20.8 Å². The van der Waals surface area contributed by atoms with E-state index in [1.54, 1.807) is 0 Å². The average Bonchev–Trinajstić information content (AvgIpc) is 3.15. The molecule has 2 aliphatic rings. The van der Waals surface area contributed by atoms with Crippen LogP contribution < -0.4 is 10.6 Å². The second-order valence-corrected chi connectivity index (χ2v) is 5.37. The van der Waals surface area contributed by atoms with Gasteiger partial charge in [0.2, 0.25) is 0 Å². The molecule has 0 heterocycles. The number of carboxylic acids is 1. The number of nitrogens with one attached hydrogen (secondary N) is 2. The second kappa shape index (κ2) is 5.14. The molecular weight excluding hydrogens is 236 g/mol. The fraction of sp³-hybridized carbons (Fsp3) is 0.833. The highest BCUT2D eigenvalue weighted by Gasteiger charge is 2.42. The molecule has 0 aromatic rings. The van der Waals surface area contributed by atoms with Crippen LogP contribution in [0.25, 0.3) is 0 Å². The molecule has 4 N–H and O–H groups in total. The van der Waals surface area contributed by atoms with Gasteiger partial charge in [-0.15, -0.1) is 0 Å². The van der Waals surface area contributed by atoms with Crippen LogP contribution in [0.15, 0.2) is 0 Å². The molecule has 2 fully saturated rings. The van der Waals surface area contributed by atoms with Crippen LogP contribution in [0, 0.1) is 11.8 Å². The van der Waals surface area contributed by atoms with E-state index >= 15 is 0 Å². The van der Waals surface area contributed by atoms with Gasteiger partial charge in [0.1, 0.15) is 0 Å². The number of carbonyl (C=O) groups is 2. The molecule has 18 heavy (non-hydrogen) atoms. The Kier molecular flexibility index (Phi) is 3.75. The predicted molar refractivity (Wildman–Crippen MR) is 64.0 cm³/mol. The molecule has 0 aliphatic heterocycles. The molecule has 2 aliphatic carbocycles. The molecule has 0 spiro atoms. The van der Waals surface area contributed by atoms with Crippen LogP contribution in [0.2, 0.25) is 0 Å². The molecule has 2 atom stereocenters. The Morgan fingerprint density at radius 1 is 1.11 bits per heavy atom. The highest BCUT2D eigenvalue weighted by Crippen LogP contribution is 2.44. The Balaban J connectivity index is 1.84. The third kappa shape index (κ3) is 3.35. The summed E-state index contributed by atoms with van der Waals surface area (Å²) in [5.41, 5.74) is 0. The van der Waals surface area contributed by atoms with Gasteiger partial charge in [0.05, 0.1) is 6.10 Å². The molecular formula is C12H20N2O4. The number of amides is 2. The first-order valence-corrected chi connectivity index (χ1v) is 6.47. The summed E-state index contributed by atoms with van der Waals surface area (Å²) in [5.74, 6) is -0.120. The zero-order chi connectivity index (χ0) is 13.3. The smallest absolute Gasteiger partial charge is 0.328 e. The van der Waals surface area contributed by atoms with E-state index in [4.69, 9.17) is 5.11 Å².